The summed E-state index contributed by atoms with van der Waals surface area (Å²) < 4.78 is 6.89. The van der Waals surface area contributed by atoms with Crippen LogP contribution in [0, 0.1) is 0 Å². The molecular formula is C15H20N4O2. The molecule has 0 unspecified atom stereocenters. The number of nitrogens with two attached hydrogens (primary N) is 1. The monoisotopic (exact) mass is 288 g/mol. The molecular weight excluding hydrogens is 268 g/mol. The van der Waals surface area contributed by atoms with E-state index in [4.69, 9.17) is 10.5 Å². The second-order valence-electron chi connectivity index (χ2n) is 4.69. The van der Waals surface area contributed by atoms with Gasteiger partial charge in [0.15, 0.2) is 5.82 Å². The summed E-state index contributed by atoms with van der Waals surface area (Å²) in [4.78, 5) is 15.1. The van der Waals surface area contributed by atoms with Crippen molar-refractivity contribution in [2.24, 2.45) is 5.73 Å². The van der Waals surface area contributed by atoms with Gasteiger partial charge in [-0.3, -0.25) is 4.79 Å². The van der Waals surface area contributed by atoms with Crippen LogP contribution in [0.25, 0.3) is 0 Å². The fraction of sp³-hybridized carbons (Fsp3) is 0.333. The normalized spacial score (nSPS) is 10.5. The summed E-state index contributed by atoms with van der Waals surface area (Å²) in [6.07, 6.45) is 4.25. The van der Waals surface area contributed by atoms with Crippen LogP contribution < -0.4 is 15.8 Å². The smallest absolute Gasteiger partial charge is 0.284 e. The van der Waals surface area contributed by atoms with E-state index in [0.29, 0.717) is 12.4 Å². The Morgan fingerprint density at radius 1 is 1.38 bits per heavy atom. The van der Waals surface area contributed by atoms with Crippen LogP contribution in [0.15, 0.2) is 36.7 Å². The van der Waals surface area contributed by atoms with Gasteiger partial charge >= 0.3 is 0 Å². The molecule has 6 nitrogen and oxygen atoms in total. The molecule has 21 heavy (non-hydrogen) atoms. The molecule has 0 saturated carbocycles. The largest absolute Gasteiger partial charge is 0.497 e. The van der Waals surface area contributed by atoms with E-state index in [1.54, 1.807) is 24.1 Å². The number of ether oxygens (including phenoxy) is 1. The van der Waals surface area contributed by atoms with Crippen LogP contribution >= 0.6 is 0 Å². The maximum absolute atomic E-state index is 11.1. The summed E-state index contributed by atoms with van der Waals surface area (Å²) in [6.45, 7) is 2.37. The lowest BCUT2D eigenvalue weighted by molar-refractivity contribution is 0.0986. The molecule has 6 heteroatoms. The van der Waals surface area contributed by atoms with Gasteiger partial charge in [0.2, 0.25) is 0 Å². The zero-order valence-corrected chi connectivity index (χ0v) is 12.1. The number of carbonyl (C=O) groups is 1. The average Bonchev–Trinajstić information content (AvgIpc) is 2.96. The molecule has 0 atom stereocenters. The van der Waals surface area contributed by atoms with Crippen LogP contribution in [0.2, 0.25) is 0 Å². The van der Waals surface area contributed by atoms with Gasteiger partial charge in [0.05, 0.1) is 7.11 Å². The molecule has 2 rings (SSSR count). The second kappa shape index (κ2) is 7.44. The Kier molecular flexibility index (Phi) is 5.34. The van der Waals surface area contributed by atoms with Crippen LogP contribution in [-0.2, 0) is 13.1 Å². The third-order valence-electron chi connectivity index (χ3n) is 3.18. The van der Waals surface area contributed by atoms with Crippen LogP contribution in [0.5, 0.6) is 5.75 Å². The van der Waals surface area contributed by atoms with Gasteiger partial charge in [-0.1, -0.05) is 12.1 Å². The predicted molar refractivity (Wildman–Crippen MR) is 80.1 cm³/mol. The lowest BCUT2D eigenvalue weighted by Gasteiger charge is -2.07. The summed E-state index contributed by atoms with van der Waals surface area (Å²) in [5.74, 6) is 0.675. The molecule has 0 aliphatic carbocycles. The van der Waals surface area contributed by atoms with Gasteiger partial charge in [-0.2, -0.15) is 0 Å². The highest BCUT2D eigenvalue weighted by Gasteiger charge is 2.07. The van der Waals surface area contributed by atoms with Crippen LogP contribution in [-0.4, -0.2) is 29.1 Å². The summed E-state index contributed by atoms with van der Waals surface area (Å²) >= 11 is 0. The maximum atomic E-state index is 11.1. The molecule has 0 aliphatic rings. The lowest BCUT2D eigenvalue weighted by atomic mass is 10.2. The van der Waals surface area contributed by atoms with Gasteiger partial charge in [-0.05, 0) is 30.7 Å². The zero-order valence-electron chi connectivity index (χ0n) is 12.1. The molecule has 0 spiro atoms. The minimum absolute atomic E-state index is 0.310. The van der Waals surface area contributed by atoms with E-state index in [2.05, 4.69) is 10.3 Å². The average molecular weight is 288 g/mol. The molecule has 0 bridgehead atoms. The molecule has 0 radical (unpaired) electrons. The van der Waals surface area contributed by atoms with Gasteiger partial charge in [0.1, 0.15) is 5.75 Å². The SMILES string of the molecule is COc1ccc(CNCCCn2ccnc2C(N)=O)cc1. The number of primary amides is 1. The van der Waals surface area contributed by atoms with Crippen LogP contribution in [0.3, 0.4) is 0 Å². The third kappa shape index (κ3) is 4.32. The molecule has 3 N–H and O–H groups in total. The number of nitrogens with one attached hydrogen (secondary N) is 1. The molecule has 1 aromatic heterocycles. The minimum Gasteiger partial charge on any atom is -0.497 e. The van der Waals surface area contributed by atoms with Gasteiger partial charge in [0, 0.05) is 25.5 Å². The first-order valence-corrected chi connectivity index (χ1v) is 6.85. The number of amides is 1. The minimum atomic E-state index is -0.494. The summed E-state index contributed by atoms with van der Waals surface area (Å²) in [7, 11) is 1.66. The Labute approximate surface area is 123 Å². The van der Waals surface area contributed by atoms with E-state index in [9.17, 15) is 4.79 Å². The van der Waals surface area contributed by atoms with Crippen molar-refractivity contribution in [2.45, 2.75) is 19.5 Å². The van der Waals surface area contributed by atoms with Crippen molar-refractivity contribution in [3.05, 3.63) is 48.0 Å². The van der Waals surface area contributed by atoms with Crippen molar-refractivity contribution >= 4 is 5.91 Å². The quantitative estimate of drug-likeness (QED) is 0.714. The molecule has 0 saturated heterocycles. The summed E-state index contributed by atoms with van der Waals surface area (Å²) in [6, 6.07) is 7.96. The van der Waals surface area contributed by atoms with Gasteiger partial charge < -0.3 is 20.4 Å². The summed E-state index contributed by atoms with van der Waals surface area (Å²) in [5.41, 5.74) is 6.45. The molecule has 1 aromatic carbocycles. The highest BCUT2D eigenvalue weighted by atomic mass is 16.5. The highest BCUT2D eigenvalue weighted by Crippen LogP contribution is 2.10. The number of rotatable bonds is 8. The molecule has 0 aliphatic heterocycles. The molecule has 1 amide bonds. The number of hydrogen-bond acceptors (Lipinski definition) is 4. The number of aryl methyl sites for hydroxylation is 1. The Morgan fingerprint density at radius 2 is 2.14 bits per heavy atom. The van der Waals surface area contributed by atoms with Crippen molar-refractivity contribution < 1.29 is 9.53 Å². The standard InChI is InChI=1S/C15H20N4O2/c1-21-13-5-3-12(4-6-13)11-17-7-2-9-19-10-8-18-15(19)14(16)20/h3-6,8,10,17H,2,7,9,11H2,1H3,(H2,16,20). The highest BCUT2D eigenvalue weighted by molar-refractivity contribution is 5.89. The van der Waals surface area contributed by atoms with Crippen molar-refractivity contribution in [1.82, 2.24) is 14.9 Å². The fourth-order valence-corrected chi connectivity index (χ4v) is 2.07. The maximum Gasteiger partial charge on any atom is 0.284 e. The molecule has 0 fully saturated rings. The Bertz CT molecular complexity index is 578. The molecule has 1 heterocycles. The number of benzene rings is 1. The van der Waals surface area contributed by atoms with E-state index >= 15 is 0 Å². The Balaban J connectivity index is 1.70. The van der Waals surface area contributed by atoms with E-state index < -0.39 is 5.91 Å². The summed E-state index contributed by atoms with van der Waals surface area (Å²) in [5, 5.41) is 3.36. The first kappa shape index (κ1) is 15.1. The molecule has 112 valence electrons. The van der Waals surface area contributed by atoms with Gasteiger partial charge in [-0.15, -0.1) is 0 Å². The first-order valence-electron chi connectivity index (χ1n) is 6.85. The number of imidazole rings is 1. The van der Waals surface area contributed by atoms with Gasteiger partial charge in [0.25, 0.3) is 5.91 Å². The molecule has 2 aromatic rings. The van der Waals surface area contributed by atoms with E-state index in [0.717, 1.165) is 25.3 Å². The topological polar surface area (TPSA) is 82.2 Å². The number of carbonyl (C=O) groups excluding carboxylic acids is 1. The van der Waals surface area contributed by atoms with Crippen molar-refractivity contribution in [1.29, 1.82) is 0 Å². The second-order valence-corrected chi connectivity index (χ2v) is 4.69. The van der Waals surface area contributed by atoms with Crippen molar-refractivity contribution in [2.75, 3.05) is 13.7 Å². The number of nitrogens with zero attached hydrogens (tertiary/aromatic N) is 2. The number of hydrogen-bond donors (Lipinski definition) is 2. The fourth-order valence-electron chi connectivity index (χ4n) is 2.07. The third-order valence-corrected chi connectivity index (χ3v) is 3.18. The number of aromatic nitrogens is 2. The van der Waals surface area contributed by atoms with E-state index in [1.807, 2.05) is 24.3 Å². The van der Waals surface area contributed by atoms with Gasteiger partial charge in [-0.25, -0.2) is 4.98 Å². The first-order chi connectivity index (χ1) is 10.2. The van der Waals surface area contributed by atoms with Crippen LogP contribution in [0.4, 0.5) is 0 Å². The zero-order chi connectivity index (χ0) is 15.1. The number of methoxy groups -OCH3 is 1. The Morgan fingerprint density at radius 3 is 2.81 bits per heavy atom. The van der Waals surface area contributed by atoms with E-state index in [-0.39, 0.29) is 0 Å². The van der Waals surface area contributed by atoms with E-state index in [1.165, 1.54) is 5.56 Å². The predicted octanol–water partition coefficient (Wildman–Crippen LogP) is 1.17. The Hall–Kier alpha value is -2.34. The van der Waals surface area contributed by atoms with Crippen molar-refractivity contribution in [3.8, 4) is 5.75 Å². The lowest BCUT2D eigenvalue weighted by Crippen LogP contribution is -2.20. The van der Waals surface area contributed by atoms with Crippen molar-refractivity contribution in [3.63, 3.8) is 0 Å². The van der Waals surface area contributed by atoms with Crippen LogP contribution in [0.1, 0.15) is 22.6 Å².